The largest absolute Gasteiger partial charge is 0.416 e. The molecule has 2 aliphatic carbocycles. The van der Waals surface area contributed by atoms with E-state index in [9.17, 15) is 13.2 Å². The summed E-state index contributed by atoms with van der Waals surface area (Å²) in [4.78, 5) is 9.47. The van der Waals surface area contributed by atoms with Gasteiger partial charge >= 0.3 is 6.18 Å². The number of anilines is 2. The average molecular weight is 467 g/mol. The standard InChI is InChI=1S/C27H29F3N4/c1-15(18-11-19(27(28,29)30)13-20(31)12-18)32-26-24-14-23(17-7-4-3-5-8-17)21-9-6-10-22(21)25(24)33-16(2)34-26/h7,11-15H,3-6,8-10,31H2,1-2H3,(H,32,33,34)/t15-/m1/s1. The molecule has 0 aliphatic heterocycles. The number of hydrogen-bond acceptors (Lipinski definition) is 4. The second kappa shape index (κ2) is 8.60. The third kappa shape index (κ3) is 4.24. The van der Waals surface area contributed by atoms with Gasteiger partial charge in [0, 0.05) is 11.1 Å². The second-order valence-corrected chi connectivity index (χ2v) is 9.48. The molecule has 2 aliphatic rings. The van der Waals surface area contributed by atoms with E-state index in [2.05, 4.69) is 22.4 Å². The Hall–Kier alpha value is -3.09. The van der Waals surface area contributed by atoms with Gasteiger partial charge in [-0.05, 0) is 111 Å². The van der Waals surface area contributed by atoms with E-state index in [0.717, 1.165) is 55.1 Å². The molecule has 4 nitrogen and oxygen atoms in total. The van der Waals surface area contributed by atoms with Gasteiger partial charge in [0.2, 0.25) is 0 Å². The summed E-state index contributed by atoms with van der Waals surface area (Å²) in [6.45, 7) is 3.69. The monoisotopic (exact) mass is 466 g/mol. The van der Waals surface area contributed by atoms with Crippen LogP contribution in [-0.4, -0.2) is 9.97 Å². The van der Waals surface area contributed by atoms with Crippen molar-refractivity contribution in [2.24, 2.45) is 0 Å². The Kier molecular flexibility index (Phi) is 5.74. The van der Waals surface area contributed by atoms with E-state index in [1.807, 2.05) is 13.8 Å². The number of allylic oxidation sites excluding steroid dienone is 2. The van der Waals surface area contributed by atoms with Crippen LogP contribution in [0.2, 0.25) is 0 Å². The van der Waals surface area contributed by atoms with Gasteiger partial charge in [0.15, 0.2) is 0 Å². The smallest absolute Gasteiger partial charge is 0.399 e. The summed E-state index contributed by atoms with van der Waals surface area (Å²) in [7, 11) is 0. The predicted octanol–water partition coefficient (Wildman–Crippen LogP) is 7.16. The first kappa shape index (κ1) is 22.7. The highest BCUT2D eigenvalue weighted by atomic mass is 19.4. The van der Waals surface area contributed by atoms with Crippen molar-refractivity contribution in [3.63, 3.8) is 0 Å². The van der Waals surface area contributed by atoms with Crippen molar-refractivity contribution in [1.29, 1.82) is 0 Å². The van der Waals surface area contributed by atoms with Crippen LogP contribution in [0.4, 0.5) is 24.7 Å². The zero-order valence-corrected chi connectivity index (χ0v) is 19.5. The molecule has 1 atom stereocenters. The highest BCUT2D eigenvalue weighted by Gasteiger charge is 2.31. The molecule has 178 valence electrons. The van der Waals surface area contributed by atoms with Gasteiger partial charge < -0.3 is 11.1 Å². The Morgan fingerprint density at radius 1 is 0.971 bits per heavy atom. The van der Waals surface area contributed by atoms with E-state index in [0.29, 0.717) is 17.2 Å². The highest BCUT2D eigenvalue weighted by molar-refractivity contribution is 5.96. The molecular formula is C27H29F3N4. The van der Waals surface area contributed by atoms with E-state index < -0.39 is 17.8 Å². The predicted molar refractivity (Wildman–Crippen MR) is 131 cm³/mol. The van der Waals surface area contributed by atoms with Crippen molar-refractivity contribution in [3.05, 3.63) is 64.0 Å². The second-order valence-electron chi connectivity index (χ2n) is 9.48. The minimum absolute atomic E-state index is 0.0894. The molecule has 0 spiro atoms. The highest BCUT2D eigenvalue weighted by Crippen LogP contribution is 2.40. The van der Waals surface area contributed by atoms with Gasteiger partial charge in [-0.1, -0.05) is 6.08 Å². The number of alkyl halides is 3. The lowest BCUT2D eigenvalue weighted by molar-refractivity contribution is -0.137. The van der Waals surface area contributed by atoms with Crippen LogP contribution in [0.1, 0.15) is 78.7 Å². The molecule has 5 rings (SSSR count). The Balaban J connectivity index is 1.60. The number of nitrogen functional groups attached to an aromatic ring is 1. The van der Waals surface area contributed by atoms with Crippen LogP contribution in [0.3, 0.4) is 0 Å². The van der Waals surface area contributed by atoms with Crippen LogP contribution in [-0.2, 0) is 19.0 Å². The molecule has 3 N–H and O–H groups in total. The molecule has 3 aromatic rings. The van der Waals surface area contributed by atoms with Crippen molar-refractivity contribution >= 4 is 28.0 Å². The lowest BCUT2D eigenvalue weighted by atomic mass is 9.88. The van der Waals surface area contributed by atoms with Crippen LogP contribution in [0.25, 0.3) is 16.5 Å². The van der Waals surface area contributed by atoms with E-state index in [1.54, 1.807) is 6.07 Å². The van der Waals surface area contributed by atoms with Crippen molar-refractivity contribution in [2.75, 3.05) is 11.1 Å². The lowest BCUT2D eigenvalue weighted by Crippen LogP contribution is -2.13. The topological polar surface area (TPSA) is 63.8 Å². The number of rotatable bonds is 4. The Bertz CT molecular complexity index is 1290. The first-order valence-electron chi connectivity index (χ1n) is 12.0. The molecule has 0 radical (unpaired) electrons. The third-order valence-electron chi connectivity index (χ3n) is 6.97. The van der Waals surface area contributed by atoms with Crippen molar-refractivity contribution < 1.29 is 13.2 Å². The molecule has 1 aromatic heterocycles. The molecule has 0 bridgehead atoms. The van der Waals surface area contributed by atoms with Crippen LogP contribution in [0.5, 0.6) is 0 Å². The van der Waals surface area contributed by atoms with E-state index in [-0.39, 0.29) is 5.69 Å². The fourth-order valence-corrected chi connectivity index (χ4v) is 5.34. The summed E-state index contributed by atoms with van der Waals surface area (Å²) in [6, 6.07) is 5.48. The molecule has 34 heavy (non-hydrogen) atoms. The van der Waals surface area contributed by atoms with Gasteiger partial charge in [-0.15, -0.1) is 0 Å². The van der Waals surface area contributed by atoms with E-state index >= 15 is 0 Å². The molecule has 0 saturated carbocycles. The van der Waals surface area contributed by atoms with E-state index in [1.165, 1.54) is 35.1 Å². The number of aromatic nitrogens is 2. The molecule has 0 amide bonds. The van der Waals surface area contributed by atoms with Gasteiger partial charge in [-0.2, -0.15) is 13.2 Å². The van der Waals surface area contributed by atoms with Crippen LogP contribution in [0.15, 0.2) is 30.3 Å². The molecule has 0 saturated heterocycles. The summed E-state index contributed by atoms with van der Waals surface area (Å²) in [5.74, 6) is 1.29. The maximum absolute atomic E-state index is 13.3. The first-order valence-corrected chi connectivity index (χ1v) is 12.0. The first-order chi connectivity index (χ1) is 16.2. The quantitative estimate of drug-likeness (QED) is 0.401. The molecule has 2 aromatic carbocycles. The number of benzene rings is 2. The number of nitrogens with two attached hydrogens (primary N) is 1. The number of hydrogen-bond donors (Lipinski definition) is 2. The Morgan fingerprint density at radius 3 is 2.50 bits per heavy atom. The van der Waals surface area contributed by atoms with Crippen molar-refractivity contribution in [2.45, 2.75) is 71.0 Å². The zero-order valence-electron chi connectivity index (χ0n) is 19.5. The number of fused-ring (bicyclic) bond motifs is 3. The summed E-state index contributed by atoms with van der Waals surface area (Å²) in [6.07, 6.45) is 5.67. The summed E-state index contributed by atoms with van der Waals surface area (Å²) < 4.78 is 40.0. The number of halogens is 3. The van der Waals surface area contributed by atoms with Gasteiger partial charge in [0.25, 0.3) is 0 Å². The zero-order chi connectivity index (χ0) is 24.0. The Morgan fingerprint density at radius 2 is 1.76 bits per heavy atom. The van der Waals surface area contributed by atoms with Gasteiger partial charge in [-0.3, -0.25) is 0 Å². The third-order valence-corrected chi connectivity index (χ3v) is 6.97. The fraction of sp³-hybridized carbons (Fsp3) is 0.407. The summed E-state index contributed by atoms with van der Waals surface area (Å²) >= 11 is 0. The molecule has 0 unspecified atom stereocenters. The van der Waals surface area contributed by atoms with Crippen LogP contribution in [0, 0.1) is 6.92 Å². The molecule has 7 heteroatoms. The maximum Gasteiger partial charge on any atom is 0.416 e. The average Bonchev–Trinajstić information content (AvgIpc) is 3.28. The van der Waals surface area contributed by atoms with Crippen molar-refractivity contribution in [3.8, 4) is 0 Å². The van der Waals surface area contributed by atoms with Crippen molar-refractivity contribution in [1.82, 2.24) is 9.97 Å². The van der Waals surface area contributed by atoms with Gasteiger partial charge in [-0.25, -0.2) is 9.97 Å². The molecule has 0 fully saturated rings. The Labute approximate surface area is 197 Å². The van der Waals surface area contributed by atoms with Crippen LogP contribution < -0.4 is 11.1 Å². The minimum atomic E-state index is -4.45. The fourth-order valence-electron chi connectivity index (χ4n) is 5.34. The lowest BCUT2D eigenvalue weighted by Gasteiger charge is -2.21. The summed E-state index contributed by atoms with van der Waals surface area (Å²) in [5.41, 5.74) is 12.0. The number of nitrogens with one attached hydrogen (secondary N) is 1. The van der Waals surface area contributed by atoms with Gasteiger partial charge in [0.05, 0.1) is 17.1 Å². The van der Waals surface area contributed by atoms with Crippen LogP contribution >= 0.6 is 0 Å². The molecule has 1 heterocycles. The number of nitrogens with zero attached hydrogens (tertiary/aromatic N) is 2. The van der Waals surface area contributed by atoms with Gasteiger partial charge in [0.1, 0.15) is 11.6 Å². The summed E-state index contributed by atoms with van der Waals surface area (Å²) in [5, 5.41) is 4.31. The number of aryl methyl sites for hydroxylation is 2. The minimum Gasteiger partial charge on any atom is -0.399 e. The molecular weight excluding hydrogens is 437 g/mol. The maximum atomic E-state index is 13.3. The SMILES string of the molecule is Cc1nc(N[C@H](C)c2cc(N)cc(C(F)(F)F)c2)c2cc(C3=CCCCC3)c3c(c2n1)CCC3. The van der Waals surface area contributed by atoms with E-state index in [4.69, 9.17) is 10.7 Å². The normalized spacial score (nSPS) is 16.9.